The van der Waals surface area contributed by atoms with Crippen LogP contribution in [0.2, 0.25) is 0 Å². The van der Waals surface area contributed by atoms with Gasteiger partial charge < -0.3 is 0 Å². The quantitative estimate of drug-likeness (QED) is 0.723. The van der Waals surface area contributed by atoms with Gasteiger partial charge in [-0.25, -0.2) is 5.06 Å². The first-order valence-electron chi connectivity index (χ1n) is 6.64. The van der Waals surface area contributed by atoms with Crippen molar-refractivity contribution >= 4 is 5.91 Å². The predicted molar refractivity (Wildman–Crippen MR) is 70.6 cm³/mol. The van der Waals surface area contributed by atoms with Crippen molar-refractivity contribution in [1.29, 1.82) is 0 Å². The fourth-order valence-electron chi connectivity index (χ4n) is 2.25. The molecule has 0 spiro atoms. The van der Waals surface area contributed by atoms with Gasteiger partial charge in [-0.2, -0.15) is 0 Å². The van der Waals surface area contributed by atoms with Gasteiger partial charge in [0.25, 0.3) is 5.91 Å². The second-order valence-electron chi connectivity index (χ2n) is 5.27. The molecule has 3 nitrogen and oxygen atoms in total. The number of hydrogen-bond donors (Lipinski definition) is 0. The van der Waals surface area contributed by atoms with Crippen molar-refractivity contribution in [1.82, 2.24) is 5.06 Å². The van der Waals surface area contributed by atoms with Crippen LogP contribution in [0.25, 0.3) is 0 Å². The van der Waals surface area contributed by atoms with E-state index in [0.717, 1.165) is 31.4 Å². The third kappa shape index (κ3) is 2.72. The third-order valence-corrected chi connectivity index (χ3v) is 3.55. The van der Waals surface area contributed by atoms with E-state index < -0.39 is 0 Å². The van der Waals surface area contributed by atoms with Gasteiger partial charge in [0.05, 0.1) is 12.0 Å². The first-order valence-corrected chi connectivity index (χ1v) is 6.64. The normalized spacial score (nSPS) is 23.0. The van der Waals surface area contributed by atoms with E-state index in [4.69, 9.17) is 4.84 Å². The Hall–Kier alpha value is -1.35. The van der Waals surface area contributed by atoms with Crippen molar-refractivity contribution < 1.29 is 9.63 Å². The van der Waals surface area contributed by atoms with Crippen LogP contribution in [-0.4, -0.2) is 17.5 Å². The van der Waals surface area contributed by atoms with E-state index in [1.54, 1.807) is 0 Å². The first-order chi connectivity index (χ1) is 8.65. The minimum absolute atomic E-state index is 0.131. The Morgan fingerprint density at radius 3 is 2.67 bits per heavy atom. The standard InChI is InChI=1S/C15H21NO2/c1-3-4-10-15(2)12-16(14(15)17)18-11-13-8-6-5-7-9-13/h5-9H,3-4,10-12H2,1-2H3. The number of carbonyl (C=O) groups is 1. The number of nitrogens with zero attached hydrogens (tertiary/aromatic N) is 1. The molecule has 0 aromatic heterocycles. The molecule has 0 saturated carbocycles. The van der Waals surface area contributed by atoms with Crippen molar-refractivity contribution in [2.75, 3.05) is 6.54 Å². The Morgan fingerprint density at radius 1 is 1.33 bits per heavy atom. The number of unbranched alkanes of at least 4 members (excludes halogenated alkanes) is 1. The monoisotopic (exact) mass is 247 g/mol. The second-order valence-corrected chi connectivity index (χ2v) is 5.27. The van der Waals surface area contributed by atoms with Crippen LogP contribution in [0.3, 0.4) is 0 Å². The van der Waals surface area contributed by atoms with Gasteiger partial charge in [0, 0.05) is 0 Å². The maximum Gasteiger partial charge on any atom is 0.253 e. The summed E-state index contributed by atoms with van der Waals surface area (Å²) in [7, 11) is 0. The SMILES string of the molecule is CCCCC1(C)CN(OCc2ccccc2)C1=O. The topological polar surface area (TPSA) is 29.5 Å². The summed E-state index contributed by atoms with van der Waals surface area (Å²) in [6, 6.07) is 9.92. The highest BCUT2D eigenvalue weighted by Gasteiger charge is 2.48. The van der Waals surface area contributed by atoms with Crippen molar-refractivity contribution in [3.8, 4) is 0 Å². The van der Waals surface area contributed by atoms with E-state index >= 15 is 0 Å². The Kier molecular flexibility index (Phi) is 4.02. The number of β-lactam (4-membered cyclic amide) rings is 1. The smallest absolute Gasteiger partial charge is 0.253 e. The zero-order valence-corrected chi connectivity index (χ0v) is 11.2. The number of amides is 1. The van der Waals surface area contributed by atoms with Crippen LogP contribution in [0.15, 0.2) is 30.3 Å². The van der Waals surface area contributed by atoms with Gasteiger partial charge in [0.2, 0.25) is 0 Å². The van der Waals surface area contributed by atoms with Crippen LogP contribution < -0.4 is 0 Å². The zero-order chi connectivity index (χ0) is 13.0. The molecule has 1 fully saturated rings. The lowest BCUT2D eigenvalue weighted by Crippen LogP contribution is -2.59. The molecule has 98 valence electrons. The molecule has 0 bridgehead atoms. The molecule has 1 atom stereocenters. The Bertz CT molecular complexity index is 404. The summed E-state index contributed by atoms with van der Waals surface area (Å²) in [6.45, 7) is 5.37. The zero-order valence-electron chi connectivity index (χ0n) is 11.2. The Labute approximate surface area is 109 Å². The number of benzene rings is 1. The summed E-state index contributed by atoms with van der Waals surface area (Å²) in [5.41, 5.74) is 0.902. The number of carbonyl (C=O) groups excluding carboxylic acids is 1. The second kappa shape index (κ2) is 5.53. The van der Waals surface area contributed by atoms with Crippen LogP contribution in [0.1, 0.15) is 38.7 Å². The van der Waals surface area contributed by atoms with Crippen LogP contribution in [0, 0.1) is 5.41 Å². The molecule has 1 aliphatic heterocycles. The summed E-state index contributed by atoms with van der Waals surface area (Å²) in [6.07, 6.45) is 3.20. The van der Waals surface area contributed by atoms with E-state index in [-0.39, 0.29) is 11.3 Å². The Balaban J connectivity index is 1.79. The van der Waals surface area contributed by atoms with Gasteiger partial charge in [-0.05, 0) is 18.9 Å². The van der Waals surface area contributed by atoms with Crippen molar-refractivity contribution in [2.45, 2.75) is 39.7 Å². The minimum atomic E-state index is -0.188. The van der Waals surface area contributed by atoms with Gasteiger partial charge in [-0.15, -0.1) is 0 Å². The van der Waals surface area contributed by atoms with E-state index in [1.165, 1.54) is 5.06 Å². The summed E-state index contributed by atoms with van der Waals surface area (Å²) in [4.78, 5) is 17.5. The highest BCUT2D eigenvalue weighted by atomic mass is 16.7. The molecule has 1 aromatic carbocycles. The van der Waals surface area contributed by atoms with E-state index in [9.17, 15) is 4.79 Å². The maximum absolute atomic E-state index is 12.0. The molecule has 1 aromatic rings. The average molecular weight is 247 g/mol. The van der Waals surface area contributed by atoms with Gasteiger partial charge in [0.15, 0.2) is 0 Å². The van der Waals surface area contributed by atoms with Gasteiger partial charge in [-0.1, -0.05) is 50.1 Å². The lowest BCUT2D eigenvalue weighted by molar-refractivity contribution is -0.241. The first kappa shape index (κ1) is 13.1. The molecular weight excluding hydrogens is 226 g/mol. The third-order valence-electron chi connectivity index (χ3n) is 3.55. The van der Waals surface area contributed by atoms with Crippen LogP contribution in [-0.2, 0) is 16.2 Å². The van der Waals surface area contributed by atoms with Crippen LogP contribution in [0.5, 0.6) is 0 Å². The summed E-state index contributed by atoms with van der Waals surface area (Å²) in [5, 5.41) is 1.50. The van der Waals surface area contributed by atoms with Crippen LogP contribution >= 0.6 is 0 Å². The predicted octanol–water partition coefficient (Wildman–Crippen LogP) is 3.16. The lowest BCUT2D eigenvalue weighted by atomic mass is 9.78. The molecule has 1 aliphatic rings. The van der Waals surface area contributed by atoms with Gasteiger partial charge in [0.1, 0.15) is 6.61 Å². The minimum Gasteiger partial charge on any atom is -0.272 e. The molecule has 1 amide bonds. The molecule has 2 rings (SSSR count). The molecule has 0 N–H and O–H groups in total. The highest BCUT2D eigenvalue weighted by molar-refractivity contribution is 5.87. The number of hydrogen-bond acceptors (Lipinski definition) is 2. The summed E-state index contributed by atoms with van der Waals surface area (Å²) in [5.74, 6) is 0.131. The Morgan fingerprint density at radius 2 is 2.06 bits per heavy atom. The molecular formula is C15H21NO2. The molecule has 1 saturated heterocycles. The highest BCUT2D eigenvalue weighted by Crippen LogP contribution is 2.36. The largest absolute Gasteiger partial charge is 0.272 e. The molecule has 18 heavy (non-hydrogen) atoms. The maximum atomic E-state index is 12.0. The van der Waals surface area contributed by atoms with E-state index in [2.05, 4.69) is 6.92 Å². The number of hydroxylamine groups is 2. The number of rotatable bonds is 6. The van der Waals surface area contributed by atoms with Crippen LogP contribution in [0.4, 0.5) is 0 Å². The summed E-state index contributed by atoms with van der Waals surface area (Å²) >= 11 is 0. The van der Waals surface area contributed by atoms with Crippen molar-refractivity contribution in [3.05, 3.63) is 35.9 Å². The molecule has 1 unspecified atom stereocenters. The molecule has 0 radical (unpaired) electrons. The molecule has 1 heterocycles. The van der Waals surface area contributed by atoms with E-state index in [0.29, 0.717) is 6.61 Å². The fraction of sp³-hybridized carbons (Fsp3) is 0.533. The molecule has 3 heteroatoms. The van der Waals surface area contributed by atoms with Gasteiger partial charge >= 0.3 is 0 Å². The average Bonchev–Trinajstić information content (AvgIpc) is 2.42. The lowest BCUT2D eigenvalue weighted by Gasteiger charge is -2.45. The fourth-order valence-corrected chi connectivity index (χ4v) is 2.25. The molecule has 0 aliphatic carbocycles. The van der Waals surface area contributed by atoms with Crippen molar-refractivity contribution in [3.63, 3.8) is 0 Å². The van der Waals surface area contributed by atoms with Gasteiger partial charge in [-0.3, -0.25) is 9.63 Å². The van der Waals surface area contributed by atoms with E-state index in [1.807, 2.05) is 37.3 Å². The summed E-state index contributed by atoms with van der Waals surface area (Å²) < 4.78 is 0. The van der Waals surface area contributed by atoms with Crippen molar-refractivity contribution in [2.24, 2.45) is 5.41 Å².